The molecular formula is C18H16N2. The van der Waals surface area contributed by atoms with Gasteiger partial charge in [0.2, 0.25) is 0 Å². The van der Waals surface area contributed by atoms with E-state index in [9.17, 15) is 5.26 Å². The first kappa shape index (κ1) is 12.5. The molecule has 3 rings (SSSR count). The zero-order chi connectivity index (χ0) is 14.1. The van der Waals surface area contributed by atoms with Crippen LogP contribution < -0.4 is 4.90 Å². The van der Waals surface area contributed by atoms with Gasteiger partial charge in [-0.15, -0.1) is 0 Å². The summed E-state index contributed by atoms with van der Waals surface area (Å²) >= 11 is 0. The summed E-state index contributed by atoms with van der Waals surface area (Å²) in [5, 5.41) is 9.44. The molecule has 0 amide bonds. The molecule has 2 heteroatoms. The first-order chi connectivity index (χ1) is 9.70. The zero-order valence-corrected chi connectivity index (χ0v) is 11.7. The molecule has 1 atom stereocenters. The van der Waals surface area contributed by atoms with Gasteiger partial charge >= 0.3 is 0 Å². The van der Waals surface area contributed by atoms with E-state index in [1.165, 1.54) is 11.1 Å². The second-order valence-electron chi connectivity index (χ2n) is 5.24. The fraction of sp³-hybridized carbons (Fsp3) is 0.167. The third-order valence-corrected chi connectivity index (χ3v) is 3.81. The van der Waals surface area contributed by atoms with Crippen molar-refractivity contribution in [3.63, 3.8) is 0 Å². The fourth-order valence-electron chi connectivity index (χ4n) is 2.71. The van der Waals surface area contributed by atoms with E-state index in [4.69, 9.17) is 0 Å². The van der Waals surface area contributed by atoms with E-state index in [0.717, 1.165) is 16.8 Å². The SMILES string of the molecule is CN(C)c1ccc(C2C=Cc3ccccc32)c(C#N)c1. The van der Waals surface area contributed by atoms with Gasteiger partial charge in [0.1, 0.15) is 0 Å². The lowest BCUT2D eigenvalue weighted by molar-refractivity contribution is 1.03. The highest BCUT2D eigenvalue weighted by Crippen LogP contribution is 2.37. The average Bonchev–Trinajstić information content (AvgIpc) is 2.90. The molecule has 0 heterocycles. The highest BCUT2D eigenvalue weighted by atomic mass is 15.1. The van der Waals surface area contributed by atoms with Crippen molar-refractivity contribution >= 4 is 11.8 Å². The van der Waals surface area contributed by atoms with Crippen LogP contribution in [0.1, 0.15) is 28.2 Å². The standard InChI is InChI=1S/C18H16N2/c1-20(2)15-8-10-17(14(11-15)12-19)18-9-7-13-5-3-4-6-16(13)18/h3-11,18H,1-2H3. The van der Waals surface area contributed by atoms with Gasteiger partial charge in [-0.1, -0.05) is 42.5 Å². The molecule has 1 unspecified atom stereocenters. The smallest absolute Gasteiger partial charge is 0.0995 e. The van der Waals surface area contributed by atoms with Crippen molar-refractivity contribution in [3.05, 3.63) is 70.8 Å². The Bertz CT molecular complexity index is 720. The lowest BCUT2D eigenvalue weighted by atomic mass is 9.89. The van der Waals surface area contributed by atoms with Crippen molar-refractivity contribution < 1.29 is 0 Å². The summed E-state index contributed by atoms with van der Waals surface area (Å²) < 4.78 is 0. The lowest BCUT2D eigenvalue weighted by Gasteiger charge is -2.17. The Morgan fingerprint density at radius 1 is 1.05 bits per heavy atom. The molecule has 20 heavy (non-hydrogen) atoms. The normalized spacial score (nSPS) is 15.8. The molecule has 0 fully saturated rings. The Balaban J connectivity index is 2.09. The Morgan fingerprint density at radius 3 is 2.60 bits per heavy atom. The van der Waals surface area contributed by atoms with Crippen molar-refractivity contribution in [2.24, 2.45) is 0 Å². The van der Waals surface area contributed by atoms with Gasteiger partial charge in [0.05, 0.1) is 11.6 Å². The molecular weight excluding hydrogens is 244 g/mol. The summed E-state index contributed by atoms with van der Waals surface area (Å²) in [7, 11) is 3.97. The van der Waals surface area contributed by atoms with Crippen molar-refractivity contribution in [1.82, 2.24) is 0 Å². The molecule has 0 N–H and O–H groups in total. The number of fused-ring (bicyclic) bond motifs is 1. The van der Waals surface area contributed by atoms with Gasteiger partial charge in [-0.05, 0) is 28.8 Å². The topological polar surface area (TPSA) is 27.0 Å². The molecule has 0 bridgehead atoms. The average molecular weight is 260 g/mol. The second kappa shape index (κ2) is 4.86. The molecule has 1 aliphatic carbocycles. The number of nitriles is 1. The highest BCUT2D eigenvalue weighted by molar-refractivity contribution is 5.67. The molecule has 1 aliphatic rings. The summed E-state index contributed by atoms with van der Waals surface area (Å²) in [6, 6.07) is 16.8. The van der Waals surface area contributed by atoms with Crippen molar-refractivity contribution in [2.45, 2.75) is 5.92 Å². The second-order valence-corrected chi connectivity index (χ2v) is 5.24. The van der Waals surface area contributed by atoms with Gasteiger partial charge in [-0.3, -0.25) is 0 Å². The molecule has 2 aromatic carbocycles. The largest absolute Gasteiger partial charge is 0.378 e. The van der Waals surface area contributed by atoms with Crippen LogP contribution in [0.25, 0.3) is 6.08 Å². The van der Waals surface area contributed by atoms with Gasteiger partial charge < -0.3 is 4.90 Å². The number of hydrogen-bond acceptors (Lipinski definition) is 2. The van der Waals surface area contributed by atoms with Crippen LogP contribution >= 0.6 is 0 Å². The number of allylic oxidation sites excluding steroid dienone is 1. The molecule has 0 aliphatic heterocycles. The maximum absolute atomic E-state index is 9.44. The maximum atomic E-state index is 9.44. The van der Waals surface area contributed by atoms with Crippen LogP contribution in [0.15, 0.2) is 48.5 Å². The summed E-state index contributed by atoms with van der Waals surface area (Å²) in [6.45, 7) is 0. The van der Waals surface area contributed by atoms with E-state index in [2.05, 4.69) is 48.6 Å². The van der Waals surface area contributed by atoms with Crippen LogP contribution in [0.3, 0.4) is 0 Å². The van der Waals surface area contributed by atoms with E-state index in [1.807, 2.05) is 31.1 Å². The number of benzene rings is 2. The van der Waals surface area contributed by atoms with Gasteiger partial charge in [0, 0.05) is 25.7 Å². The third kappa shape index (κ3) is 1.98. The van der Waals surface area contributed by atoms with E-state index in [0.29, 0.717) is 0 Å². The van der Waals surface area contributed by atoms with Gasteiger partial charge in [0.25, 0.3) is 0 Å². The van der Waals surface area contributed by atoms with Gasteiger partial charge in [0.15, 0.2) is 0 Å². The number of hydrogen-bond donors (Lipinski definition) is 0. The third-order valence-electron chi connectivity index (χ3n) is 3.81. The minimum absolute atomic E-state index is 0.192. The van der Waals surface area contributed by atoms with Crippen molar-refractivity contribution in [1.29, 1.82) is 5.26 Å². The lowest BCUT2D eigenvalue weighted by Crippen LogP contribution is -2.09. The summed E-state index contributed by atoms with van der Waals surface area (Å²) in [4.78, 5) is 2.02. The highest BCUT2D eigenvalue weighted by Gasteiger charge is 2.21. The van der Waals surface area contributed by atoms with Crippen LogP contribution in [0, 0.1) is 11.3 Å². The number of rotatable bonds is 2. The van der Waals surface area contributed by atoms with Crippen LogP contribution in [0.2, 0.25) is 0 Å². The first-order valence-electron chi connectivity index (χ1n) is 6.69. The molecule has 0 saturated carbocycles. The molecule has 0 radical (unpaired) electrons. The van der Waals surface area contributed by atoms with Crippen LogP contribution in [0.4, 0.5) is 5.69 Å². The minimum atomic E-state index is 0.192. The molecule has 0 aromatic heterocycles. The Kier molecular flexibility index (Phi) is 3.04. The van der Waals surface area contributed by atoms with E-state index in [1.54, 1.807) is 0 Å². The predicted octanol–water partition coefficient (Wildman–Crippen LogP) is 3.78. The van der Waals surface area contributed by atoms with Crippen LogP contribution in [-0.4, -0.2) is 14.1 Å². The molecule has 98 valence electrons. The Hall–Kier alpha value is -2.53. The Morgan fingerprint density at radius 2 is 1.85 bits per heavy atom. The summed E-state index contributed by atoms with van der Waals surface area (Å²) in [6.07, 6.45) is 4.32. The van der Waals surface area contributed by atoms with Crippen molar-refractivity contribution in [2.75, 3.05) is 19.0 Å². The van der Waals surface area contributed by atoms with E-state index < -0.39 is 0 Å². The van der Waals surface area contributed by atoms with Crippen LogP contribution in [0.5, 0.6) is 0 Å². The monoisotopic (exact) mass is 260 g/mol. The Labute approximate surface area is 119 Å². The number of anilines is 1. The summed E-state index contributed by atoms with van der Waals surface area (Å²) in [5.74, 6) is 0.192. The quantitative estimate of drug-likeness (QED) is 0.821. The van der Waals surface area contributed by atoms with Crippen LogP contribution in [-0.2, 0) is 0 Å². The predicted molar refractivity (Wildman–Crippen MR) is 82.8 cm³/mol. The first-order valence-corrected chi connectivity index (χ1v) is 6.69. The molecule has 2 aromatic rings. The maximum Gasteiger partial charge on any atom is 0.0995 e. The minimum Gasteiger partial charge on any atom is -0.378 e. The molecule has 0 spiro atoms. The zero-order valence-electron chi connectivity index (χ0n) is 11.7. The van der Waals surface area contributed by atoms with Gasteiger partial charge in [-0.2, -0.15) is 5.26 Å². The van der Waals surface area contributed by atoms with E-state index >= 15 is 0 Å². The van der Waals surface area contributed by atoms with E-state index in [-0.39, 0.29) is 5.92 Å². The molecule has 2 nitrogen and oxygen atoms in total. The molecule has 0 saturated heterocycles. The number of nitrogens with zero attached hydrogens (tertiary/aromatic N) is 2. The van der Waals surface area contributed by atoms with Crippen molar-refractivity contribution in [3.8, 4) is 6.07 Å². The fourth-order valence-corrected chi connectivity index (χ4v) is 2.71. The van der Waals surface area contributed by atoms with Gasteiger partial charge in [-0.25, -0.2) is 0 Å². The summed E-state index contributed by atoms with van der Waals surface area (Å²) in [5.41, 5.74) is 5.42.